The topological polar surface area (TPSA) is 77.7 Å². The lowest BCUT2D eigenvalue weighted by molar-refractivity contribution is -0.125. The summed E-state index contributed by atoms with van der Waals surface area (Å²) in [6.07, 6.45) is 6.71. The number of nitrogens with zero attached hydrogens (tertiary/aromatic N) is 1. The molecule has 1 aromatic carbocycles. The summed E-state index contributed by atoms with van der Waals surface area (Å²) in [5.74, 6) is -1.16. The second kappa shape index (κ2) is 5.74. The highest BCUT2D eigenvalue weighted by molar-refractivity contribution is 5.95. The van der Waals surface area contributed by atoms with Gasteiger partial charge in [-0.25, -0.2) is 9.40 Å². The molecule has 22 heavy (non-hydrogen) atoms. The normalized spacial score (nSPS) is 14.2. The maximum Gasteiger partial charge on any atom is 0.270 e. The SMILES string of the molecule is O=C(C=C(O)c1cocc1-c1cccc(F)c1)N1C=CNN1. The average molecular weight is 301 g/mol. The number of hydrogen-bond acceptors (Lipinski definition) is 5. The van der Waals surface area contributed by atoms with E-state index in [0.29, 0.717) is 16.7 Å². The number of nitrogens with one attached hydrogen (secondary N) is 2. The quantitative estimate of drug-likeness (QED) is 0.599. The van der Waals surface area contributed by atoms with E-state index < -0.39 is 11.7 Å². The van der Waals surface area contributed by atoms with Gasteiger partial charge in [0.1, 0.15) is 17.8 Å². The molecule has 1 amide bonds. The van der Waals surface area contributed by atoms with Gasteiger partial charge in [-0.05, 0) is 17.7 Å². The van der Waals surface area contributed by atoms with Crippen molar-refractivity contribution in [1.82, 2.24) is 16.0 Å². The predicted octanol–water partition coefficient (Wildman–Crippen LogP) is 2.31. The minimum Gasteiger partial charge on any atom is -0.507 e. The second-order valence-electron chi connectivity index (χ2n) is 4.52. The van der Waals surface area contributed by atoms with E-state index in [1.807, 2.05) is 0 Å². The monoisotopic (exact) mass is 301 g/mol. The number of hydrazine groups is 2. The number of furan rings is 1. The fourth-order valence-corrected chi connectivity index (χ4v) is 2.02. The van der Waals surface area contributed by atoms with Gasteiger partial charge in [0, 0.05) is 24.0 Å². The third kappa shape index (κ3) is 2.70. The molecule has 0 bridgehead atoms. The zero-order valence-electron chi connectivity index (χ0n) is 11.3. The minimum absolute atomic E-state index is 0.278. The van der Waals surface area contributed by atoms with Crippen LogP contribution in [-0.2, 0) is 4.79 Å². The molecule has 0 saturated heterocycles. The summed E-state index contributed by atoms with van der Waals surface area (Å²) in [7, 11) is 0. The highest BCUT2D eigenvalue weighted by Crippen LogP contribution is 2.29. The molecular weight excluding hydrogens is 289 g/mol. The van der Waals surface area contributed by atoms with Crippen LogP contribution in [0.3, 0.4) is 0 Å². The summed E-state index contributed by atoms with van der Waals surface area (Å²) in [6, 6.07) is 5.87. The van der Waals surface area contributed by atoms with Crippen molar-refractivity contribution in [3.63, 3.8) is 0 Å². The van der Waals surface area contributed by atoms with Crippen molar-refractivity contribution in [3.8, 4) is 11.1 Å². The van der Waals surface area contributed by atoms with Crippen LogP contribution in [-0.4, -0.2) is 16.0 Å². The molecule has 2 aromatic rings. The van der Waals surface area contributed by atoms with Crippen LogP contribution < -0.4 is 11.0 Å². The zero-order valence-corrected chi connectivity index (χ0v) is 11.3. The lowest BCUT2D eigenvalue weighted by atomic mass is 10.0. The summed E-state index contributed by atoms with van der Waals surface area (Å²) in [5, 5.41) is 11.3. The van der Waals surface area contributed by atoms with Crippen molar-refractivity contribution < 1.29 is 18.7 Å². The molecule has 2 heterocycles. The van der Waals surface area contributed by atoms with Crippen LogP contribution in [0.15, 0.2) is 59.7 Å². The first-order chi connectivity index (χ1) is 10.6. The molecule has 0 radical (unpaired) electrons. The van der Waals surface area contributed by atoms with Gasteiger partial charge in [-0.3, -0.25) is 4.79 Å². The van der Waals surface area contributed by atoms with E-state index in [1.54, 1.807) is 12.1 Å². The van der Waals surface area contributed by atoms with Gasteiger partial charge in [0.2, 0.25) is 0 Å². The summed E-state index contributed by atoms with van der Waals surface area (Å²) in [5.41, 5.74) is 6.49. The Morgan fingerprint density at radius 1 is 1.36 bits per heavy atom. The number of halogens is 1. The molecule has 0 spiro atoms. The van der Waals surface area contributed by atoms with Crippen LogP contribution in [0.5, 0.6) is 0 Å². The Hall–Kier alpha value is -3.06. The Labute approximate surface area is 125 Å². The number of carbonyl (C=O) groups is 1. The lowest BCUT2D eigenvalue weighted by Crippen LogP contribution is -2.39. The van der Waals surface area contributed by atoms with Crippen LogP contribution >= 0.6 is 0 Å². The Bertz CT molecular complexity index is 767. The zero-order chi connectivity index (χ0) is 15.5. The van der Waals surface area contributed by atoms with Crippen molar-refractivity contribution in [2.75, 3.05) is 0 Å². The van der Waals surface area contributed by atoms with E-state index in [4.69, 9.17) is 4.42 Å². The van der Waals surface area contributed by atoms with Gasteiger partial charge in [-0.15, -0.1) is 5.53 Å². The molecule has 0 saturated carbocycles. The van der Waals surface area contributed by atoms with E-state index >= 15 is 0 Å². The van der Waals surface area contributed by atoms with E-state index in [2.05, 4.69) is 11.0 Å². The fraction of sp³-hybridized carbons (Fsp3) is 0. The van der Waals surface area contributed by atoms with Crippen LogP contribution in [0.25, 0.3) is 16.9 Å². The largest absolute Gasteiger partial charge is 0.507 e. The van der Waals surface area contributed by atoms with Gasteiger partial charge < -0.3 is 14.9 Å². The number of amides is 1. The summed E-state index contributed by atoms with van der Waals surface area (Å²) >= 11 is 0. The molecule has 0 aliphatic carbocycles. The van der Waals surface area contributed by atoms with Gasteiger partial charge >= 0.3 is 0 Å². The maximum absolute atomic E-state index is 13.3. The summed E-state index contributed by atoms with van der Waals surface area (Å²) in [4.78, 5) is 11.9. The Morgan fingerprint density at radius 3 is 2.95 bits per heavy atom. The average Bonchev–Trinajstić information content (AvgIpc) is 3.18. The molecule has 112 valence electrons. The highest BCUT2D eigenvalue weighted by atomic mass is 19.1. The predicted molar refractivity (Wildman–Crippen MR) is 77.0 cm³/mol. The first kappa shape index (κ1) is 13.9. The van der Waals surface area contributed by atoms with Gasteiger partial charge in [0.05, 0.1) is 11.8 Å². The highest BCUT2D eigenvalue weighted by Gasteiger charge is 2.16. The number of benzene rings is 1. The molecule has 1 aliphatic rings. The first-order valence-electron chi connectivity index (χ1n) is 6.39. The molecule has 0 atom stereocenters. The van der Waals surface area contributed by atoms with E-state index in [0.717, 1.165) is 11.1 Å². The number of hydrogen-bond donors (Lipinski definition) is 3. The van der Waals surface area contributed by atoms with E-state index in [-0.39, 0.29) is 5.76 Å². The van der Waals surface area contributed by atoms with Crippen LogP contribution in [0.4, 0.5) is 4.39 Å². The van der Waals surface area contributed by atoms with Crippen molar-refractivity contribution in [1.29, 1.82) is 0 Å². The Morgan fingerprint density at radius 2 is 2.23 bits per heavy atom. The number of rotatable bonds is 3. The first-order valence-corrected chi connectivity index (χ1v) is 6.39. The Balaban J connectivity index is 1.91. The summed E-state index contributed by atoms with van der Waals surface area (Å²) in [6.45, 7) is 0. The molecule has 1 aliphatic heterocycles. The third-order valence-corrected chi connectivity index (χ3v) is 3.06. The van der Waals surface area contributed by atoms with Gasteiger partial charge in [0.15, 0.2) is 0 Å². The van der Waals surface area contributed by atoms with Crippen LogP contribution in [0.2, 0.25) is 0 Å². The molecule has 0 fully saturated rings. The molecule has 3 N–H and O–H groups in total. The molecule has 7 heteroatoms. The fourth-order valence-electron chi connectivity index (χ4n) is 2.02. The van der Waals surface area contributed by atoms with Gasteiger partial charge in [0.25, 0.3) is 5.91 Å². The van der Waals surface area contributed by atoms with Crippen molar-refractivity contribution >= 4 is 11.7 Å². The molecule has 0 unspecified atom stereocenters. The van der Waals surface area contributed by atoms with Gasteiger partial charge in [-0.1, -0.05) is 12.1 Å². The van der Waals surface area contributed by atoms with Crippen molar-refractivity contribution in [2.24, 2.45) is 0 Å². The Kier molecular flexibility index (Phi) is 3.63. The third-order valence-electron chi connectivity index (χ3n) is 3.06. The summed E-state index contributed by atoms with van der Waals surface area (Å²) < 4.78 is 18.4. The molecule has 1 aromatic heterocycles. The lowest BCUT2D eigenvalue weighted by Gasteiger charge is -2.10. The molecular formula is C15H12FN3O3. The van der Waals surface area contributed by atoms with Crippen molar-refractivity contribution in [2.45, 2.75) is 0 Å². The molecule has 3 rings (SSSR count). The smallest absolute Gasteiger partial charge is 0.270 e. The standard InChI is InChI=1S/C15H12FN3O3/c16-11-3-1-2-10(6-11)12-8-22-9-13(12)14(20)7-15(21)19-5-4-17-18-19/h1-9,17-18,20H. The maximum atomic E-state index is 13.3. The van der Waals surface area contributed by atoms with Crippen molar-refractivity contribution in [3.05, 3.63) is 66.6 Å². The molecule has 6 nitrogen and oxygen atoms in total. The van der Waals surface area contributed by atoms with Crippen LogP contribution in [0, 0.1) is 5.82 Å². The van der Waals surface area contributed by atoms with Gasteiger partial charge in [-0.2, -0.15) is 0 Å². The number of carbonyl (C=O) groups excluding carboxylic acids is 1. The number of aliphatic hydroxyl groups is 1. The number of aliphatic hydroxyl groups excluding tert-OH is 1. The van der Waals surface area contributed by atoms with E-state index in [9.17, 15) is 14.3 Å². The second-order valence-corrected chi connectivity index (χ2v) is 4.52. The van der Waals surface area contributed by atoms with E-state index in [1.165, 1.54) is 37.1 Å². The van der Waals surface area contributed by atoms with Crippen LogP contribution in [0.1, 0.15) is 5.56 Å². The minimum atomic E-state index is -0.481.